The molecule has 0 bridgehead atoms. The van der Waals surface area contributed by atoms with E-state index in [9.17, 15) is 10.1 Å². The number of hydrogen-bond donors (Lipinski definition) is 1. The maximum atomic E-state index is 13.0. The first-order valence-electron chi connectivity index (χ1n) is 9.61. The summed E-state index contributed by atoms with van der Waals surface area (Å²) < 4.78 is 3.57. The van der Waals surface area contributed by atoms with Crippen LogP contribution in [0.15, 0.2) is 41.8 Å². The summed E-state index contributed by atoms with van der Waals surface area (Å²) in [5.41, 5.74) is 3.92. The Hall–Kier alpha value is -3.57. The van der Waals surface area contributed by atoms with Crippen molar-refractivity contribution in [3.8, 4) is 17.3 Å². The zero-order valence-electron chi connectivity index (χ0n) is 16.0. The van der Waals surface area contributed by atoms with Crippen molar-refractivity contribution in [2.45, 2.75) is 25.8 Å². The molecule has 1 fully saturated rings. The van der Waals surface area contributed by atoms with Gasteiger partial charge in [0, 0.05) is 30.2 Å². The van der Waals surface area contributed by atoms with E-state index in [0.717, 1.165) is 37.2 Å². The molecule has 5 rings (SSSR count). The lowest BCUT2D eigenvalue weighted by Crippen LogP contribution is -2.34. The molecule has 4 aromatic rings. The van der Waals surface area contributed by atoms with Crippen molar-refractivity contribution in [2.24, 2.45) is 0 Å². The summed E-state index contributed by atoms with van der Waals surface area (Å²) in [6, 6.07) is 5.94. The molecule has 4 aromatic heterocycles. The molecule has 1 saturated heterocycles. The van der Waals surface area contributed by atoms with E-state index in [4.69, 9.17) is 0 Å². The van der Waals surface area contributed by atoms with Gasteiger partial charge in [-0.3, -0.25) is 14.3 Å². The van der Waals surface area contributed by atoms with Gasteiger partial charge in [0.1, 0.15) is 6.07 Å². The molecule has 29 heavy (non-hydrogen) atoms. The minimum Gasteiger partial charge on any atom is -0.317 e. The molecule has 1 aliphatic rings. The molecule has 0 spiro atoms. The maximum absolute atomic E-state index is 13.0. The Balaban J connectivity index is 1.61. The lowest BCUT2D eigenvalue weighted by Gasteiger charge is -2.24. The summed E-state index contributed by atoms with van der Waals surface area (Å²) in [6.07, 6.45) is 8.83. The van der Waals surface area contributed by atoms with Crippen LogP contribution in [-0.2, 0) is 0 Å². The van der Waals surface area contributed by atoms with Crippen molar-refractivity contribution in [3.05, 3.63) is 58.7 Å². The Kier molecular flexibility index (Phi) is 4.11. The number of fused-ring (bicyclic) bond motifs is 2. The summed E-state index contributed by atoms with van der Waals surface area (Å²) in [4.78, 5) is 26.4. The number of pyridine rings is 2. The van der Waals surface area contributed by atoms with Crippen LogP contribution in [0.2, 0.25) is 0 Å². The molecule has 1 aliphatic heterocycles. The molecule has 0 unspecified atom stereocenters. The molecule has 0 saturated carbocycles. The Morgan fingerprint density at radius 1 is 1.21 bits per heavy atom. The molecule has 0 amide bonds. The maximum Gasteiger partial charge on any atom is 0.263 e. The average molecular weight is 385 g/mol. The highest BCUT2D eigenvalue weighted by Gasteiger charge is 2.18. The topological polar surface area (TPSA) is 101 Å². The van der Waals surface area contributed by atoms with Crippen LogP contribution >= 0.6 is 0 Å². The van der Waals surface area contributed by atoms with E-state index in [1.54, 1.807) is 29.2 Å². The first-order chi connectivity index (χ1) is 14.1. The van der Waals surface area contributed by atoms with Crippen LogP contribution in [0.1, 0.15) is 30.1 Å². The third-order valence-corrected chi connectivity index (χ3v) is 5.46. The summed E-state index contributed by atoms with van der Waals surface area (Å²) in [6.45, 7) is 3.70. The highest BCUT2D eigenvalue weighted by Crippen LogP contribution is 2.24. The standard InChI is InChI=1S/C21H19N7O/c1-13-10-27-11-15(6-14(8-22)20(27)26-13)18-7-19-17(9-24-18)21(29)28(12-25-19)16-2-4-23-5-3-16/h6-7,9-12,16,23H,2-5H2,1H3. The van der Waals surface area contributed by atoms with E-state index in [1.165, 1.54) is 0 Å². The number of piperidine rings is 1. The summed E-state index contributed by atoms with van der Waals surface area (Å²) in [7, 11) is 0. The lowest BCUT2D eigenvalue weighted by atomic mass is 10.1. The second-order valence-electron chi connectivity index (χ2n) is 7.39. The number of aromatic nitrogens is 5. The Bertz CT molecular complexity index is 1340. The smallest absolute Gasteiger partial charge is 0.263 e. The summed E-state index contributed by atoms with van der Waals surface area (Å²) in [5.74, 6) is 0. The van der Waals surface area contributed by atoms with Crippen molar-refractivity contribution in [1.82, 2.24) is 29.2 Å². The number of nitriles is 1. The SMILES string of the molecule is Cc1cn2cc(-c3cc4ncn(C5CCNCC5)c(=O)c4cn3)cc(C#N)c2n1. The molecular weight excluding hydrogens is 366 g/mol. The van der Waals surface area contributed by atoms with Crippen molar-refractivity contribution < 1.29 is 0 Å². The molecule has 5 heterocycles. The van der Waals surface area contributed by atoms with Crippen LogP contribution in [0.4, 0.5) is 0 Å². The van der Waals surface area contributed by atoms with Gasteiger partial charge in [-0.2, -0.15) is 5.26 Å². The number of aryl methyl sites for hydroxylation is 1. The quantitative estimate of drug-likeness (QED) is 0.568. The fraction of sp³-hybridized carbons (Fsp3) is 0.286. The number of nitrogens with zero attached hydrogens (tertiary/aromatic N) is 6. The molecule has 1 N–H and O–H groups in total. The van der Waals surface area contributed by atoms with E-state index >= 15 is 0 Å². The van der Waals surface area contributed by atoms with E-state index in [2.05, 4.69) is 26.3 Å². The highest BCUT2D eigenvalue weighted by molar-refractivity contribution is 5.81. The van der Waals surface area contributed by atoms with Crippen molar-refractivity contribution in [1.29, 1.82) is 5.26 Å². The largest absolute Gasteiger partial charge is 0.317 e. The van der Waals surface area contributed by atoms with E-state index in [-0.39, 0.29) is 11.6 Å². The summed E-state index contributed by atoms with van der Waals surface area (Å²) >= 11 is 0. The highest BCUT2D eigenvalue weighted by atomic mass is 16.1. The van der Waals surface area contributed by atoms with Crippen LogP contribution in [0.3, 0.4) is 0 Å². The van der Waals surface area contributed by atoms with E-state index in [1.807, 2.05) is 23.7 Å². The molecule has 8 heteroatoms. The number of imidazole rings is 1. The van der Waals surface area contributed by atoms with Gasteiger partial charge in [-0.25, -0.2) is 9.97 Å². The molecule has 0 aliphatic carbocycles. The van der Waals surface area contributed by atoms with E-state index < -0.39 is 0 Å². The predicted octanol–water partition coefficient (Wildman–Crippen LogP) is 2.21. The lowest BCUT2D eigenvalue weighted by molar-refractivity contribution is 0.359. The van der Waals surface area contributed by atoms with Crippen molar-refractivity contribution in [3.63, 3.8) is 0 Å². The van der Waals surface area contributed by atoms with Crippen LogP contribution < -0.4 is 10.9 Å². The zero-order valence-corrected chi connectivity index (χ0v) is 16.0. The van der Waals surface area contributed by atoms with Crippen molar-refractivity contribution >= 4 is 16.6 Å². The molecule has 144 valence electrons. The van der Waals surface area contributed by atoms with Crippen LogP contribution in [0.5, 0.6) is 0 Å². The van der Waals surface area contributed by atoms with Crippen LogP contribution in [0, 0.1) is 18.3 Å². The number of hydrogen-bond acceptors (Lipinski definition) is 6. The fourth-order valence-electron chi connectivity index (χ4n) is 3.98. The van der Waals surface area contributed by atoms with E-state index in [0.29, 0.717) is 27.8 Å². The van der Waals surface area contributed by atoms with Gasteiger partial charge in [0.25, 0.3) is 5.56 Å². The third kappa shape index (κ3) is 2.96. The monoisotopic (exact) mass is 385 g/mol. The molecular formula is C21H19N7O. The van der Waals surface area contributed by atoms with Crippen molar-refractivity contribution in [2.75, 3.05) is 13.1 Å². The summed E-state index contributed by atoms with van der Waals surface area (Å²) in [5, 5.41) is 13.3. The Morgan fingerprint density at radius 2 is 2.03 bits per heavy atom. The minimum absolute atomic E-state index is 0.0562. The second kappa shape index (κ2) is 6.79. The predicted molar refractivity (Wildman–Crippen MR) is 109 cm³/mol. The normalized spacial score (nSPS) is 15.0. The molecule has 0 aromatic carbocycles. The van der Waals surface area contributed by atoms with Crippen LogP contribution in [0.25, 0.3) is 27.8 Å². The van der Waals surface area contributed by atoms with Gasteiger partial charge in [-0.1, -0.05) is 0 Å². The van der Waals surface area contributed by atoms with Gasteiger partial charge in [0.2, 0.25) is 0 Å². The van der Waals surface area contributed by atoms with Crippen LogP contribution in [-0.4, -0.2) is 37.0 Å². The zero-order chi connectivity index (χ0) is 20.0. The average Bonchev–Trinajstić information content (AvgIpc) is 3.13. The van der Waals surface area contributed by atoms with Gasteiger partial charge in [-0.05, 0) is 45.0 Å². The third-order valence-electron chi connectivity index (χ3n) is 5.46. The number of rotatable bonds is 2. The first-order valence-corrected chi connectivity index (χ1v) is 9.61. The Labute approximate surface area is 166 Å². The van der Waals surface area contributed by atoms with Gasteiger partial charge < -0.3 is 9.72 Å². The number of nitrogens with one attached hydrogen (secondary N) is 1. The molecule has 0 radical (unpaired) electrons. The van der Waals surface area contributed by atoms with Gasteiger partial charge >= 0.3 is 0 Å². The minimum atomic E-state index is -0.0562. The fourth-order valence-corrected chi connectivity index (χ4v) is 3.98. The second-order valence-corrected chi connectivity index (χ2v) is 7.39. The van der Waals surface area contributed by atoms with Gasteiger partial charge in [0.05, 0.1) is 34.2 Å². The van der Waals surface area contributed by atoms with Gasteiger partial charge in [-0.15, -0.1) is 0 Å². The molecule has 8 nitrogen and oxygen atoms in total. The molecule has 0 atom stereocenters. The van der Waals surface area contributed by atoms with Gasteiger partial charge in [0.15, 0.2) is 5.65 Å². The first kappa shape index (κ1) is 17.5. The Morgan fingerprint density at radius 3 is 2.83 bits per heavy atom.